The van der Waals surface area contributed by atoms with Crippen LogP contribution in [-0.4, -0.2) is 35.6 Å². The fourth-order valence-corrected chi connectivity index (χ4v) is 4.10. The van der Waals surface area contributed by atoms with Gasteiger partial charge in [0.05, 0.1) is 12.1 Å². The molecule has 0 unspecified atom stereocenters. The first kappa shape index (κ1) is 22.4. The van der Waals surface area contributed by atoms with E-state index in [9.17, 15) is 18.8 Å². The number of halogens is 1. The van der Waals surface area contributed by atoms with Gasteiger partial charge in [0.15, 0.2) is 11.5 Å². The predicted molar refractivity (Wildman–Crippen MR) is 126 cm³/mol. The van der Waals surface area contributed by atoms with Crippen molar-refractivity contribution in [3.8, 4) is 11.5 Å². The van der Waals surface area contributed by atoms with E-state index in [2.05, 4.69) is 5.32 Å². The minimum atomic E-state index is -1.02. The molecule has 0 saturated carbocycles. The Morgan fingerprint density at radius 2 is 1.71 bits per heavy atom. The number of ether oxygens (including phenoxy) is 2. The van der Waals surface area contributed by atoms with E-state index in [4.69, 9.17) is 9.47 Å². The van der Waals surface area contributed by atoms with Crippen molar-refractivity contribution in [2.75, 3.05) is 17.0 Å². The second-order valence-corrected chi connectivity index (χ2v) is 8.38. The Hall–Kier alpha value is -4.40. The summed E-state index contributed by atoms with van der Waals surface area (Å²) in [6.07, 6.45) is -0.255. The van der Waals surface area contributed by atoms with Crippen molar-refractivity contribution in [3.05, 3.63) is 83.7 Å². The number of hydrogen-bond donors (Lipinski definition) is 1. The van der Waals surface area contributed by atoms with E-state index in [1.54, 1.807) is 30.3 Å². The molecule has 4 amide bonds. The molecule has 2 aliphatic heterocycles. The maximum absolute atomic E-state index is 13.4. The van der Waals surface area contributed by atoms with Gasteiger partial charge in [0, 0.05) is 12.2 Å². The molecule has 0 bridgehead atoms. The van der Waals surface area contributed by atoms with E-state index in [1.165, 1.54) is 29.2 Å². The molecular formula is C26H22FN3O5. The lowest BCUT2D eigenvalue weighted by atomic mass is 10.1. The lowest BCUT2D eigenvalue weighted by Gasteiger charge is -2.22. The van der Waals surface area contributed by atoms with Crippen LogP contribution in [-0.2, 0) is 16.1 Å². The van der Waals surface area contributed by atoms with Gasteiger partial charge in [0.2, 0.25) is 12.7 Å². The van der Waals surface area contributed by atoms with Crippen LogP contribution < -0.4 is 19.7 Å². The number of amides is 4. The normalized spacial score (nSPS) is 16.7. The van der Waals surface area contributed by atoms with Crippen molar-refractivity contribution in [3.63, 3.8) is 0 Å². The Balaban J connectivity index is 1.41. The molecule has 0 radical (unpaired) electrons. The summed E-state index contributed by atoms with van der Waals surface area (Å²) in [7, 11) is 0. The second-order valence-electron chi connectivity index (χ2n) is 8.38. The molecule has 9 heteroatoms. The number of carbonyl (C=O) groups is 3. The highest BCUT2D eigenvalue weighted by Crippen LogP contribution is 2.34. The first-order valence-electron chi connectivity index (χ1n) is 11.0. The van der Waals surface area contributed by atoms with Gasteiger partial charge in [0.25, 0.3) is 5.91 Å². The van der Waals surface area contributed by atoms with Crippen molar-refractivity contribution in [2.24, 2.45) is 0 Å². The summed E-state index contributed by atoms with van der Waals surface area (Å²) in [6, 6.07) is 16.1. The third-order valence-corrected chi connectivity index (χ3v) is 5.91. The van der Waals surface area contributed by atoms with Crippen molar-refractivity contribution in [1.29, 1.82) is 0 Å². The van der Waals surface area contributed by atoms with Crippen molar-refractivity contribution in [2.45, 2.75) is 25.9 Å². The number of nitrogens with one attached hydrogen (secondary N) is 1. The largest absolute Gasteiger partial charge is 0.454 e. The summed E-state index contributed by atoms with van der Waals surface area (Å²) in [5.41, 5.74) is 2.54. The van der Waals surface area contributed by atoms with Gasteiger partial charge in [-0.1, -0.05) is 23.8 Å². The summed E-state index contributed by atoms with van der Waals surface area (Å²) in [5, 5.41) is 2.66. The molecule has 1 atom stereocenters. The number of urea groups is 1. The Kier molecular flexibility index (Phi) is 5.82. The zero-order valence-corrected chi connectivity index (χ0v) is 18.9. The van der Waals surface area contributed by atoms with Crippen LogP contribution in [0.15, 0.2) is 66.7 Å². The minimum Gasteiger partial charge on any atom is -0.454 e. The van der Waals surface area contributed by atoms with Crippen LogP contribution in [0.4, 0.5) is 20.6 Å². The molecule has 8 nitrogen and oxygen atoms in total. The lowest BCUT2D eigenvalue weighted by Crippen LogP contribution is -2.37. The Morgan fingerprint density at radius 3 is 2.46 bits per heavy atom. The van der Waals surface area contributed by atoms with Crippen molar-refractivity contribution < 1.29 is 28.2 Å². The summed E-state index contributed by atoms with van der Waals surface area (Å²) in [5.74, 6) is -0.225. The number of imide groups is 1. The van der Waals surface area contributed by atoms with Crippen LogP contribution in [0.3, 0.4) is 0 Å². The molecule has 2 heterocycles. The molecule has 0 aromatic heterocycles. The number of hydrogen-bond acceptors (Lipinski definition) is 5. The maximum Gasteiger partial charge on any atom is 0.332 e. The van der Waals surface area contributed by atoms with E-state index >= 15 is 0 Å². The lowest BCUT2D eigenvalue weighted by molar-refractivity contribution is -0.124. The SMILES string of the molecule is Cc1ccc(N2C(=O)[C@H](CC(=O)Nc3ccc(F)cc3)N(Cc3ccc4c(c3)OCO4)C2=O)cc1. The average molecular weight is 475 g/mol. The fourth-order valence-electron chi connectivity index (χ4n) is 4.10. The highest BCUT2D eigenvalue weighted by atomic mass is 19.1. The Bertz CT molecular complexity index is 1290. The van der Waals surface area contributed by atoms with Crippen LogP contribution in [0.5, 0.6) is 11.5 Å². The standard InChI is InChI=1S/C26H22FN3O5/c1-16-2-9-20(10-3-16)30-25(32)21(13-24(31)28-19-7-5-18(27)6-8-19)29(26(30)33)14-17-4-11-22-23(12-17)35-15-34-22/h2-12,21H,13-15H2,1H3,(H,28,31)/t21-/m0/s1. The molecule has 3 aromatic rings. The molecular weight excluding hydrogens is 453 g/mol. The molecule has 1 N–H and O–H groups in total. The number of anilines is 2. The van der Waals surface area contributed by atoms with E-state index in [1.807, 2.05) is 19.1 Å². The quantitative estimate of drug-likeness (QED) is 0.539. The van der Waals surface area contributed by atoms with Crippen molar-refractivity contribution >= 4 is 29.2 Å². The first-order valence-corrected chi connectivity index (χ1v) is 11.0. The second kappa shape index (κ2) is 9.09. The van der Waals surface area contributed by atoms with E-state index in [0.29, 0.717) is 22.9 Å². The Morgan fingerprint density at radius 1 is 1.00 bits per heavy atom. The number of nitrogens with zero attached hydrogens (tertiary/aromatic N) is 2. The number of rotatable bonds is 6. The number of aryl methyl sites for hydroxylation is 1. The van der Waals surface area contributed by atoms with Gasteiger partial charge in [-0.05, 0) is 61.0 Å². The third kappa shape index (κ3) is 4.52. The van der Waals surface area contributed by atoms with Gasteiger partial charge in [-0.15, -0.1) is 0 Å². The molecule has 1 saturated heterocycles. The molecule has 3 aromatic carbocycles. The number of carbonyl (C=O) groups excluding carboxylic acids is 3. The molecule has 5 rings (SSSR count). The molecule has 178 valence electrons. The monoisotopic (exact) mass is 475 g/mol. The summed E-state index contributed by atoms with van der Waals surface area (Å²) in [6.45, 7) is 2.12. The van der Waals surface area contributed by atoms with E-state index < -0.39 is 29.7 Å². The van der Waals surface area contributed by atoms with Crippen LogP contribution >= 0.6 is 0 Å². The van der Waals surface area contributed by atoms with Crippen LogP contribution in [0.25, 0.3) is 0 Å². The average Bonchev–Trinajstić information content (AvgIpc) is 3.39. The van der Waals surface area contributed by atoms with Gasteiger partial charge in [-0.3, -0.25) is 9.59 Å². The number of fused-ring (bicyclic) bond motifs is 1. The maximum atomic E-state index is 13.4. The highest BCUT2D eigenvalue weighted by Gasteiger charge is 2.46. The fraction of sp³-hybridized carbons (Fsp3) is 0.192. The molecule has 0 spiro atoms. The van der Waals surface area contributed by atoms with Gasteiger partial charge in [-0.2, -0.15) is 0 Å². The van der Waals surface area contributed by atoms with E-state index in [0.717, 1.165) is 16.0 Å². The smallest absolute Gasteiger partial charge is 0.332 e. The van der Waals surface area contributed by atoms with Crippen LogP contribution in [0.1, 0.15) is 17.5 Å². The van der Waals surface area contributed by atoms with Crippen LogP contribution in [0.2, 0.25) is 0 Å². The minimum absolute atomic E-state index is 0.0953. The first-order chi connectivity index (χ1) is 16.9. The van der Waals surface area contributed by atoms with Crippen molar-refractivity contribution in [1.82, 2.24) is 4.90 Å². The number of benzene rings is 3. The third-order valence-electron chi connectivity index (χ3n) is 5.91. The molecule has 35 heavy (non-hydrogen) atoms. The molecule has 2 aliphatic rings. The summed E-state index contributed by atoms with van der Waals surface area (Å²) < 4.78 is 24.0. The van der Waals surface area contributed by atoms with Gasteiger partial charge >= 0.3 is 6.03 Å². The predicted octanol–water partition coefficient (Wildman–Crippen LogP) is 4.23. The zero-order valence-electron chi connectivity index (χ0n) is 18.9. The highest BCUT2D eigenvalue weighted by molar-refractivity contribution is 6.22. The summed E-state index contributed by atoms with van der Waals surface area (Å²) >= 11 is 0. The Labute approximate surface area is 200 Å². The summed E-state index contributed by atoms with van der Waals surface area (Å²) in [4.78, 5) is 42.1. The van der Waals surface area contributed by atoms with E-state index in [-0.39, 0.29) is 19.8 Å². The van der Waals surface area contributed by atoms with Gasteiger partial charge < -0.3 is 19.7 Å². The van der Waals surface area contributed by atoms with Gasteiger partial charge in [0.1, 0.15) is 11.9 Å². The molecule has 1 fully saturated rings. The molecule has 0 aliphatic carbocycles. The zero-order chi connectivity index (χ0) is 24.5. The topological polar surface area (TPSA) is 88.2 Å². The van der Waals surface area contributed by atoms with Crippen LogP contribution in [0, 0.1) is 12.7 Å². The van der Waals surface area contributed by atoms with Gasteiger partial charge in [-0.25, -0.2) is 14.1 Å².